The fraction of sp³-hybridized carbons (Fsp3) is 0.417. The van der Waals surface area contributed by atoms with E-state index in [9.17, 15) is 15.0 Å². The van der Waals surface area contributed by atoms with Crippen LogP contribution in [0.3, 0.4) is 0 Å². The first kappa shape index (κ1) is 22.8. The van der Waals surface area contributed by atoms with Gasteiger partial charge in [-0.25, -0.2) is 0 Å². The van der Waals surface area contributed by atoms with Crippen molar-refractivity contribution in [2.75, 3.05) is 6.54 Å². The van der Waals surface area contributed by atoms with Crippen molar-refractivity contribution in [3.8, 4) is 11.5 Å². The number of carbonyl (C=O) groups excluding carboxylic acids is 1. The lowest BCUT2D eigenvalue weighted by molar-refractivity contribution is -0.171. The van der Waals surface area contributed by atoms with E-state index >= 15 is 0 Å². The van der Waals surface area contributed by atoms with Crippen LogP contribution in [-0.2, 0) is 16.0 Å². The van der Waals surface area contributed by atoms with Gasteiger partial charge in [0.15, 0.2) is 11.0 Å². The van der Waals surface area contributed by atoms with E-state index in [4.69, 9.17) is 9.47 Å². The Labute approximate surface area is 191 Å². The minimum atomic E-state index is -1.26. The second kappa shape index (κ2) is 10.5. The summed E-state index contributed by atoms with van der Waals surface area (Å²) in [5.41, 5.74) is 0.657. The van der Waals surface area contributed by atoms with Crippen LogP contribution in [0.2, 0.25) is 0 Å². The molecule has 32 heavy (non-hydrogen) atoms. The van der Waals surface area contributed by atoms with E-state index in [-0.39, 0.29) is 12.2 Å². The summed E-state index contributed by atoms with van der Waals surface area (Å²) < 4.78 is 11.6. The van der Waals surface area contributed by atoms with Gasteiger partial charge in [-0.15, -0.1) is 0 Å². The van der Waals surface area contributed by atoms with Gasteiger partial charge in [0, 0.05) is 13.0 Å². The maximum atomic E-state index is 12.7. The second-order valence-electron chi connectivity index (χ2n) is 7.85. The molecule has 0 saturated carbocycles. The van der Waals surface area contributed by atoms with Crippen molar-refractivity contribution < 1.29 is 24.5 Å². The second-order valence-corrected chi connectivity index (χ2v) is 8.94. The third-order valence-corrected chi connectivity index (χ3v) is 6.64. The first-order valence-electron chi connectivity index (χ1n) is 10.9. The fourth-order valence-electron chi connectivity index (χ4n) is 3.85. The average Bonchev–Trinajstić information content (AvgIpc) is 3.21. The molecular formula is C24H28N2O5S. The van der Waals surface area contributed by atoms with Crippen LogP contribution in [0.1, 0.15) is 25.3 Å². The van der Waals surface area contributed by atoms with Crippen LogP contribution in [0.5, 0.6) is 11.5 Å². The van der Waals surface area contributed by atoms with Crippen molar-refractivity contribution in [3.63, 3.8) is 0 Å². The minimum absolute atomic E-state index is 0.194. The lowest BCUT2D eigenvalue weighted by atomic mass is 9.93. The summed E-state index contributed by atoms with van der Waals surface area (Å²) in [4.78, 5) is 17.0. The molecule has 2 fully saturated rings. The Kier molecular flexibility index (Phi) is 7.47. The summed E-state index contributed by atoms with van der Waals surface area (Å²) in [6.07, 6.45) is -1.75. The molecule has 2 aromatic rings. The molecule has 2 aromatic carbocycles. The van der Waals surface area contributed by atoms with Crippen LogP contribution < -0.4 is 10.1 Å². The number of aliphatic hydroxyl groups is 2. The number of aryl methyl sites for hydroxylation is 1. The predicted molar refractivity (Wildman–Crippen MR) is 124 cm³/mol. The highest BCUT2D eigenvalue weighted by molar-refractivity contribution is 8.14. The lowest BCUT2D eigenvalue weighted by Crippen LogP contribution is -2.60. The molecule has 7 nitrogen and oxygen atoms in total. The highest BCUT2D eigenvalue weighted by Gasteiger charge is 2.50. The molecule has 8 heteroatoms. The van der Waals surface area contributed by atoms with Crippen molar-refractivity contribution >= 4 is 22.7 Å². The number of nitrogens with one attached hydrogen (secondary N) is 1. The van der Waals surface area contributed by atoms with E-state index in [2.05, 4.69) is 10.3 Å². The van der Waals surface area contributed by atoms with Crippen molar-refractivity contribution in [2.24, 2.45) is 4.99 Å². The number of ketones is 1. The Balaban J connectivity index is 1.27. The smallest absolute Gasteiger partial charge is 0.164 e. The monoisotopic (exact) mass is 456 g/mol. The number of aliphatic imine (C=N–C) groups is 1. The van der Waals surface area contributed by atoms with Gasteiger partial charge in [-0.3, -0.25) is 9.79 Å². The van der Waals surface area contributed by atoms with Gasteiger partial charge in [-0.1, -0.05) is 42.1 Å². The van der Waals surface area contributed by atoms with Gasteiger partial charge < -0.3 is 25.0 Å². The Hall–Kier alpha value is -2.39. The predicted octanol–water partition coefficient (Wildman–Crippen LogP) is 2.90. The van der Waals surface area contributed by atoms with Crippen molar-refractivity contribution in [2.45, 2.75) is 56.0 Å². The molecule has 0 spiro atoms. The SMILES string of the molecule is CCN=C1N[C@@H]2[C@@H](O)[C@H](O)[C@@H](C(=O)CCCc3ccc(Oc4ccccc4)cc3)O[C@@H]2S1. The van der Waals surface area contributed by atoms with Crippen LogP contribution in [0.4, 0.5) is 0 Å². The van der Waals surface area contributed by atoms with Crippen molar-refractivity contribution in [3.05, 3.63) is 60.2 Å². The van der Waals surface area contributed by atoms with Crippen LogP contribution in [0, 0.1) is 0 Å². The Bertz CT molecular complexity index is 937. The zero-order valence-electron chi connectivity index (χ0n) is 17.9. The largest absolute Gasteiger partial charge is 0.457 e. The topological polar surface area (TPSA) is 100 Å². The molecule has 5 atom stereocenters. The van der Waals surface area contributed by atoms with Gasteiger partial charge in [0.1, 0.15) is 35.2 Å². The number of aliphatic hydroxyl groups excluding tert-OH is 2. The van der Waals surface area contributed by atoms with E-state index in [1.165, 1.54) is 11.8 Å². The molecule has 2 aliphatic rings. The molecular weight excluding hydrogens is 428 g/mol. The number of thioether (sulfide) groups is 1. The third kappa shape index (κ3) is 5.32. The average molecular weight is 457 g/mol. The molecule has 4 rings (SSSR count). The maximum Gasteiger partial charge on any atom is 0.164 e. The number of benzene rings is 2. The van der Waals surface area contributed by atoms with E-state index < -0.39 is 29.8 Å². The highest BCUT2D eigenvalue weighted by Crippen LogP contribution is 2.34. The number of Topliss-reactive ketones (excluding diaryl/α,β-unsaturated/α-hetero) is 1. The van der Waals surface area contributed by atoms with Gasteiger partial charge in [0.05, 0.1) is 6.04 Å². The molecule has 0 radical (unpaired) electrons. The zero-order valence-corrected chi connectivity index (χ0v) is 18.7. The number of hydrogen-bond acceptors (Lipinski definition) is 7. The number of para-hydroxylation sites is 1. The Morgan fingerprint density at radius 1 is 1.09 bits per heavy atom. The molecule has 170 valence electrons. The number of fused-ring (bicyclic) bond motifs is 1. The minimum Gasteiger partial charge on any atom is -0.457 e. The van der Waals surface area contributed by atoms with E-state index in [1.54, 1.807) is 0 Å². The van der Waals surface area contributed by atoms with Gasteiger partial charge >= 0.3 is 0 Å². The summed E-state index contributed by atoms with van der Waals surface area (Å²) in [5.74, 6) is 1.34. The molecule has 0 bridgehead atoms. The van der Waals surface area contributed by atoms with Gasteiger partial charge in [0.25, 0.3) is 0 Å². The van der Waals surface area contributed by atoms with Crippen molar-refractivity contribution in [1.29, 1.82) is 0 Å². The molecule has 0 amide bonds. The molecule has 2 aliphatic heterocycles. The van der Waals surface area contributed by atoms with E-state index in [1.807, 2.05) is 61.5 Å². The highest BCUT2D eigenvalue weighted by atomic mass is 32.2. The van der Waals surface area contributed by atoms with Crippen LogP contribution in [-0.4, -0.2) is 57.5 Å². The Morgan fingerprint density at radius 2 is 1.81 bits per heavy atom. The standard InChI is InChI=1S/C24H28N2O5S/c1-2-25-24-26-19-20(28)21(29)22(31-23(19)32-24)18(27)10-6-7-15-11-13-17(14-12-15)30-16-8-4-3-5-9-16/h3-5,8-9,11-14,19-23,28-29H,2,6-7,10H2,1H3,(H,25,26)/t19-,20-,21+,22-,23-/m1/s1. The summed E-state index contributed by atoms with van der Waals surface area (Å²) in [7, 11) is 0. The maximum absolute atomic E-state index is 12.7. The first-order valence-corrected chi connectivity index (χ1v) is 11.8. The number of hydrogen-bond donors (Lipinski definition) is 3. The van der Waals surface area contributed by atoms with E-state index in [0.29, 0.717) is 18.1 Å². The molecule has 0 unspecified atom stereocenters. The summed E-state index contributed by atoms with van der Waals surface area (Å²) in [5, 5.41) is 24.6. The summed E-state index contributed by atoms with van der Waals surface area (Å²) in [6, 6.07) is 16.9. The van der Waals surface area contributed by atoms with Gasteiger partial charge in [-0.05, 0) is 49.6 Å². The molecule has 2 heterocycles. The molecule has 0 aliphatic carbocycles. The van der Waals surface area contributed by atoms with Gasteiger partial charge in [-0.2, -0.15) is 0 Å². The molecule has 3 N–H and O–H groups in total. The van der Waals surface area contributed by atoms with Crippen LogP contribution in [0.15, 0.2) is 59.6 Å². The first-order chi connectivity index (χ1) is 15.5. The van der Waals surface area contributed by atoms with Crippen LogP contribution in [0.25, 0.3) is 0 Å². The number of ether oxygens (including phenoxy) is 2. The third-order valence-electron chi connectivity index (χ3n) is 5.53. The number of carbonyl (C=O) groups is 1. The number of nitrogens with zero attached hydrogens (tertiary/aromatic N) is 1. The number of amidine groups is 1. The normalized spacial score (nSPS) is 28.2. The Morgan fingerprint density at radius 3 is 2.53 bits per heavy atom. The lowest BCUT2D eigenvalue weighted by Gasteiger charge is -2.38. The zero-order chi connectivity index (χ0) is 22.5. The molecule has 0 aromatic heterocycles. The molecule has 2 saturated heterocycles. The fourth-order valence-corrected chi connectivity index (χ4v) is 5.03. The van der Waals surface area contributed by atoms with Crippen LogP contribution >= 0.6 is 11.8 Å². The summed E-state index contributed by atoms with van der Waals surface area (Å²) in [6.45, 7) is 2.52. The summed E-state index contributed by atoms with van der Waals surface area (Å²) >= 11 is 1.35. The van der Waals surface area contributed by atoms with Crippen molar-refractivity contribution in [1.82, 2.24) is 5.32 Å². The van der Waals surface area contributed by atoms with Gasteiger partial charge in [0.2, 0.25) is 0 Å². The number of rotatable bonds is 8. The quantitative estimate of drug-likeness (QED) is 0.562. The van der Waals surface area contributed by atoms with E-state index in [0.717, 1.165) is 23.5 Å².